The Bertz CT molecular complexity index is 1200. The predicted molar refractivity (Wildman–Crippen MR) is 134 cm³/mol. The molecule has 2 aromatic rings. The number of β-amino-alcohol motifs (C(OH)–C–C–N with tert-alkyl or cyclic N) is 1. The molecule has 1 aromatic heterocycles. The molecule has 5 rings (SSSR count). The number of amides is 2. The van der Waals surface area contributed by atoms with Gasteiger partial charge in [0.2, 0.25) is 11.8 Å². The number of carbonyl (C=O) groups is 3. The molecule has 11 heteroatoms. The maximum atomic E-state index is 14.3. The monoisotopic (exact) mass is 513 g/mol. The molecule has 6 atom stereocenters. The molecule has 0 saturated carbocycles. The highest BCUT2D eigenvalue weighted by atomic mass is 32.2. The fraction of sp³-hybridized carbons (Fsp3) is 0.560. The van der Waals surface area contributed by atoms with Crippen LogP contribution in [0.2, 0.25) is 0 Å². The minimum atomic E-state index is -0.818. The molecule has 4 heterocycles. The van der Waals surface area contributed by atoms with Crippen LogP contribution in [0.5, 0.6) is 0 Å². The Labute approximate surface area is 213 Å². The number of thioether (sulfide) groups is 1. The molecule has 2 bridgehead atoms. The third-order valence-electron chi connectivity index (χ3n) is 7.77. The van der Waals surface area contributed by atoms with Crippen LogP contribution >= 0.6 is 11.8 Å². The maximum absolute atomic E-state index is 14.3. The van der Waals surface area contributed by atoms with Crippen molar-refractivity contribution in [3.05, 3.63) is 36.9 Å². The summed E-state index contributed by atoms with van der Waals surface area (Å²) >= 11 is 1.58. The Balaban J connectivity index is 1.53. The summed E-state index contributed by atoms with van der Waals surface area (Å²) in [4.78, 5) is 44.2. The molecule has 0 radical (unpaired) electrons. The zero-order valence-electron chi connectivity index (χ0n) is 20.4. The molecule has 1 N–H and O–H groups in total. The summed E-state index contributed by atoms with van der Waals surface area (Å²) in [6.45, 7) is 7.99. The number of nitrogens with zero attached hydrogens (tertiary/aromatic N) is 5. The molecule has 3 aliphatic heterocycles. The third-order valence-corrected chi connectivity index (χ3v) is 9.84. The third kappa shape index (κ3) is 3.54. The molecule has 10 nitrogen and oxygen atoms in total. The van der Waals surface area contributed by atoms with Gasteiger partial charge in [0, 0.05) is 18.3 Å². The fourth-order valence-electron chi connectivity index (χ4n) is 6.38. The molecule has 3 aliphatic rings. The molecule has 3 saturated heterocycles. The Hall–Kier alpha value is -2.92. The predicted octanol–water partition coefficient (Wildman–Crippen LogP) is 1.30. The number of rotatable bonds is 9. The summed E-state index contributed by atoms with van der Waals surface area (Å²) in [5.41, 5.74) is 1.51. The molecule has 36 heavy (non-hydrogen) atoms. The van der Waals surface area contributed by atoms with Gasteiger partial charge in [-0.3, -0.25) is 14.4 Å². The summed E-state index contributed by atoms with van der Waals surface area (Å²) in [5.74, 6) is -2.10. The van der Waals surface area contributed by atoms with Crippen molar-refractivity contribution < 1.29 is 24.2 Å². The van der Waals surface area contributed by atoms with Gasteiger partial charge < -0.3 is 19.6 Å². The summed E-state index contributed by atoms with van der Waals surface area (Å²) < 4.78 is 6.24. The van der Waals surface area contributed by atoms with Crippen LogP contribution < -0.4 is 0 Å². The number of aromatic nitrogens is 3. The van der Waals surface area contributed by atoms with Gasteiger partial charge in [-0.1, -0.05) is 30.3 Å². The number of hydrogen-bond donors (Lipinski definition) is 1. The number of benzene rings is 1. The second-order valence-corrected chi connectivity index (χ2v) is 11.2. The molecule has 3 unspecified atom stereocenters. The number of hydrogen-bond acceptors (Lipinski definition) is 8. The largest absolute Gasteiger partial charge is 0.466 e. The van der Waals surface area contributed by atoms with Crippen molar-refractivity contribution in [1.82, 2.24) is 24.8 Å². The minimum Gasteiger partial charge on any atom is -0.466 e. The summed E-state index contributed by atoms with van der Waals surface area (Å²) in [6.07, 6.45) is 2.37. The van der Waals surface area contributed by atoms with E-state index in [-0.39, 0.29) is 61.9 Å². The highest BCUT2D eigenvalue weighted by Crippen LogP contribution is 2.68. The van der Waals surface area contributed by atoms with Crippen molar-refractivity contribution in [3.63, 3.8) is 0 Å². The number of ether oxygens (including phenoxy) is 1. The molecule has 1 spiro atoms. The van der Waals surface area contributed by atoms with E-state index in [2.05, 4.69) is 23.8 Å². The van der Waals surface area contributed by atoms with Crippen molar-refractivity contribution in [2.45, 2.75) is 43.0 Å². The van der Waals surface area contributed by atoms with Crippen LogP contribution in [-0.2, 0) is 25.8 Å². The van der Waals surface area contributed by atoms with Crippen molar-refractivity contribution in [2.24, 2.45) is 17.8 Å². The molecule has 1 aromatic carbocycles. The van der Waals surface area contributed by atoms with Crippen LogP contribution in [0.25, 0.3) is 11.0 Å². The highest BCUT2D eigenvalue weighted by molar-refractivity contribution is 8.02. The minimum absolute atomic E-state index is 0.0230. The number of esters is 1. The van der Waals surface area contributed by atoms with Crippen LogP contribution in [-0.4, -0.2) is 90.0 Å². The van der Waals surface area contributed by atoms with E-state index in [0.717, 1.165) is 17.5 Å². The molecule has 0 aliphatic carbocycles. The Morgan fingerprint density at radius 3 is 2.89 bits per heavy atom. The van der Waals surface area contributed by atoms with E-state index in [1.54, 1.807) is 34.3 Å². The zero-order chi connectivity index (χ0) is 25.6. The van der Waals surface area contributed by atoms with Crippen molar-refractivity contribution in [3.8, 4) is 0 Å². The van der Waals surface area contributed by atoms with E-state index >= 15 is 0 Å². The van der Waals surface area contributed by atoms with E-state index < -0.39 is 22.6 Å². The highest BCUT2D eigenvalue weighted by Gasteiger charge is 2.76. The van der Waals surface area contributed by atoms with Gasteiger partial charge in [-0.15, -0.1) is 23.4 Å². The summed E-state index contributed by atoms with van der Waals surface area (Å²) in [7, 11) is 0. The molecular formula is C25H31N5O5S. The van der Waals surface area contributed by atoms with Gasteiger partial charge in [0.1, 0.15) is 18.2 Å². The summed E-state index contributed by atoms with van der Waals surface area (Å²) in [6, 6.07) is 6.68. The number of aliphatic hydroxyl groups excluding tert-OH is 1. The Morgan fingerprint density at radius 2 is 2.17 bits per heavy atom. The van der Waals surface area contributed by atoms with E-state index in [0.29, 0.717) is 0 Å². The van der Waals surface area contributed by atoms with Gasteiger partial charge >= 0.3 is 5.97 Å². The van der Waals surface area contributed by atoms with Gasteiger partial charge in [-0.25, -0.2) is 4.68 Å². The van der Waals surface area contributed by atoms with Crippen LogP contribution in [0, 0.1) is 17.8 Å². The fourth-order valence-corrected chi connectivity index (χ4v) is 8.79. The quantitative estimate of drug-likeness (QED) is 0.394. The van der Waals surface area contributed by atoms with Crippen molar-refractivity contribution in [1.29, 1.82) is 0 Å². The van der Waals surface area contributed by atoms with E-state index in [1.165, 1.54) is 4.90 Å². The molecule has 192 valence electrons. The number of para-hydroxylation sites is 1. The normalized spacial score (nSPS) is 30.6. The molecule has 3 fully saturated rings. The van der Waals surface area contributed by atoms with Crippen molar-refractivity contribution in [2.75, 3.05) is 26.3 Å². The first kappa shape index (κ1) is 24.8. The second kappa shape index (κ2) is 9.51. The van der Waals surface area contributed by atoms with Crippen LogP contribution in [0.1, 0.15) is 20.3 Å². The number of carbonyl (C=O) groups excluding carboxylic acids is 3. The lowest BCUT2D eigenvalue weighted by Gasteiger charge is -2.40. The van der Waals surface area contributed by atoms with Gasteiger partial charge in [0.05, 0.1) is 35.3 Å². The molecule has 2 amide bonds. The lowest BCUT2D eigenvalue weighted by Crippen LogP contribution is -2.57. The standard InChI is InChI=1S/C25H31N5O5S/c1-4-10-28(14-30-17-9-7-6-8-16(17)26-27-30)23(33)21-25-15(3)13-18(36-25)19(24(34)35-5-2)20(25)22(32)29(21)11-12-31/h4,6-9,15,18-21,31H,1,5,10-14H2,2-3H3/t15?,18-,19+,20+,21?,25?/m1/s1. The second-order valence-electron chi connectivity index (χ2n) is 9.63. The first-order valence-corrected chi connectivity index (χ1v) is 13.2. The van der Waals surface area contributed by atoms with E-state index in [4.69, 9.17) is 4.74 Å². The number of aliphatic hydroxyl groups is 1. The SMILES string of the molecule is C=CCN(Cn1nnc2ccccc21)C(=O)C1N(CCO)C(=O)[C@@H]2[C@@H](C(=O)OCC)[C@H]3CC(C)C12S3. The lowest BCUT2D eigenvalue weighted by molar-refractivity contribution is -0.154. The Kier molecular flexibility index (Phi) is 6.54. The lowest BCUT2D eigenvalue weighted by atomic mass is 9.66. The Morgan fingerprint density at radius 1 is 1.39 bits per heavy atom. The van der Waals surface area contributed by atoms with Gasteiger partial charge in [0.25, 0.3) is 0 Å². The first-order chi connectivity index (χ1) is 17.4. The maximum Gasteiger partial charge on any atom is 0.310 e. The van der Waals surface area contributed by atoms with Gasteiger partial charge in [-0.05, 0) is 31.4 Å². The van der Waals surface area contributed by atoms with Crippen molar-refractivity contribution >= 4 is 40.6 Å². The van der Waals surface area contributed by atoms with Crippen LogP contribution in [0.15, 0.2) is 36.9 Å². The topological polar surface area (TPSA) is 118 Å². The number of fused-ring (bicyclic) bond motifs is 2. The van der Waals surface area contributed by atoms with E-state index in [1.807, 2.05) is 24.3 Å². The van der Waals surface area contributed by atoms with Crippen LogP contribution in [0.4, 0.5) is 0 Å². The smallest absolute Gasteiger partial charge is 0.310 e. The van der Waals surface area contributed by atoms with Crippen LogP contribution in [0.3, 0.4) is 0 Å². The van der Waals surface area contributed by atoms with E-state index in [9.17, 15) is 19.5 Å². The average molecular weight is 514 g/mol. The van der Waals surface area contributed by atoms with Gasteiger partial charge in [0.15, 0.2) is 0 Å². The van der Waals surface area contributed by atoms with Gasteiger partial charge in [-0.2, -0.15) is 0 Å². The first-order valence-electron chi connectivity index (χ1n) is 12.3. The molecular weight excluding hydrogens is 482 g/mol. The zero-order valence-corrected chi connectivity index (χ0v) is 21.3. The summed E-state index contributed by atoms with van der Waals surface area (Å²) in [5, 5.41) is 18.2. The average Bonchev–Trinajstić information content (AvgIpc) is 3.57. The number of likely N-dealkylation sites (tertiary alicyclic amines) is 1.